The maximum absolute atomic E-state index is 14.7. The molecule has 0 bridgehead atoms. The molecule has 3 heterocycles. The van der Waals surface area contributed by atoms with Crippen molar-refractivity contribution in [1.82, 2.24) is 0 Å². The number of carbonyl (C=O) groups is 1. The fourth-order valence-electron chi connectivity index (χ4n) is 12.2. The molecule has 99 heavy (non-hydrogen) atoms. The zero-order chi connectivity index (χ0) is 68.4. The van der Waals surface area contributed by atoms with Gasteiger partial charge in [-0.1, -0.05) is 250 Å². The minimum Gasteiger partial charge on any atom is -0.454 e. The molecule has 3 aliphatic rings. The fourth-order valence-corrected chi connectivity index (χ4v) is 12.2. The highest BCUT2D eigenvalue weighted by atomic mass is 16.8. The van der Waals surface area contributed by atoms with Crippen LogP contribution in [0.25, 0.3) is 0 Å². The van der Waals surface area contributed by atoms with Crippen molar-refractivity contribution in [2.45, 2.75) is 179 Å². The number of esters is 1. The molecule has 1 N–H and O–H groups in total. The van der Waals surface area contributed by atoms with Crippen molar-refractivity contribution in [2.75, 3.05) is 26.4 Å². The first kappa shape index (κ1) is 72.9. The molecule has 0 saturated carbocycles. The highest BCUT2D eigenvalue weighted by molar-refractivity contribution is 5.75. The van der Waals surface area contributed by atoms with Gasteiger partial charge in [-0.05, 0) is 71.7 Å². The number of hydrogen-bond acceptors (Lipinski definition) is 17. The molecule has 524 valence electrons. The van der Waals surface area contributed by atoms with E-state index < -0.39 is 104 Å². The van der Waals surface area contributed by atoms with Gasteiger partial charge in [0, 0.05) is 6.61 Å². The summed E-state index contributed by atoms with van der Waals surface area (Å²) >= 11 is 0. The second-order valence-electron chi connectivity index (χ2n) is 26.1. The van der Waals surface area contributed by atoms with Crippen LogP contribution in [0.5, 0.6) is 0 Å². The van der Waals surface area contributed by atoms with Crippen LogP contribution in [0.4, 0.5) is 0 Å². The summed E-state index contributed by atoms with van der Waals surface area (Å²) in [5.41, 5.74) is 6.28. The van der Waals surface area contributed by atoms with E-state index in [-0.39, 0.29) is 79.3 Å². The molecule has 0 aliphatic carbocycles. The van der Waals surface area contributed by atoms with Crippen molar-refractivity contribution < 1.29 is 81.0 Å². The van der Waals surface area contributed by atoms with Gasteiger partial charge >= 0.3 is 5.97 Å². The van der Waals surface area contributed by atoms with Crippen molar-refractivity contribution in [3.05, 3.63) is 287 Å². The van der Waals surface area contributed by atoms with Gasteiger partial charge in [0.15, 0.2) is 25.0 Å². The van der Waals surface area contributed by atoms with E-state index in [1.54, 1.807) is 20.8 Å². The Morgan fingerprint density at radius 1 is 0.333 bits per heavy atom. The Labute approximate surface area is 582 Å². The second kappa shape index (κ2) is 37.9. The monoisotopic (exact) mass is 1350 g/mol. The number of benzene rings is 8. The summed E-state index contributed by atoms with van der Waals surface area (Å²) in [5.74, 6) is -0.551. The first-order valence-corrected chi connectivity index (χ1v) is 34.4. The van der Waals surface area contributed by atoms with E-state index in [0.29, 0.717) is 6.42 Å². The average molecular weight is 1350 g/mol. The van der Waals surface area contributed by atoms with E-state index in [2.05, 4.69) is 0 Å². The lowest BCUT2D eigenvalue weighted by Crippen LogP contribution is -2.68. The molecule has 8 aromatic rings. The van der Waals surface area contributed by atoms with Gasteiger partial charge in [0.1, 0.15) is 67.1 Å². The van der Waals surface area contributed by atoms with Crippen LogP contribution in [0, 0.1) is 5.41 Å². The number of rotatable bonds is 35. The van der Waals surface area contributed by atoms with Crippen molar-refractivity contribution in [3.63, 3.8) is 0 Å². The maximum Gasteiger partial charge on any atom is 0.311 e. The van der Waals surface area contributed by atoms with E-state index in [0.717, 1.165) is 44.5 Å². The highest BCUT2D eigenvalue weighted by Gasteiger charge is 2.58. The predicted octanol–water partition coefficient (Wildman–Crippen LogP) is 13.3. The Morgan fingerprint density at radius 3 is 0.939 bits per heavy atom. The van der Waals surface area contributed by atoms with Gasteiger partial charge in [-0.15, -0.1) is 0 Å². The molecule has 17 heteroatoms. The molecule has 8 aromatic carbocycles. The van der Waals surface area contributed by atoms with Gasteiger partial charge in [0.25, 0.3) is 0 Å². The SMILES string of the molecule is CCCO[C@@H]1C(O[C@H]2OC(COCc3ccccc3)[C@@H](OCc3ccccc3)[C@H](OCc3ccccc3)C2OCc2ccccc2)[C@H](O)OC(COCc2ccccc2)[C@H]1O[C@@H]1OC(COCc2ccccc2)[C@H](OCc2ccccc2)[C@H](OCc2ccccc2)C1OC(=O)C(C)(C)C. The lowest BCUT2D eigenvalue weighted by Gasteiger charge is -2.51. The maximum atomic E-state index is 14.7. The van der Waals surface area contributed by atoms with Gasteiger partial charge in [-0.25, -0.2) is 0 Å². The number of carbonyl (C=O) groups excluding carboxylic acids is 1. The quantitative estimate of drug-likeness (QED) is 0.0371. The molecule has 6 unspecified atom stereocenters. The topological polar surface area (TPSA) is 176 Å². The summed E-state index contributed by atoms with van der Waals surface area (Å²) in [6.07, 6.45) is -16.7. The van der Waals surface area contributed by atoms with Crippen molar-refractivity contribution in [3.8, 4) is 0 Å². The summed E-state index contributed by atoms with van der Waals surface area (Å²) in [4.78, 5) is 14.7. The van der Waals surface area contributed by atoms with Crippen LogP contribution in [-0.2, 0) is 129 Å². The summed E-state index contributed by atoms with van der Waals surface area (Å²) in [5, 5.41) is 12.9. The Morgan fingerprint density at radius 2 is 0.606 bits per heavy atom. The van der Waals surface area contributed by atoms with E-state index >= 15 is 0 Å². The van der Waals surface area contributed by atoms with E-state index in [9.17, 15) is 9.90 Å². The third-order valence-electron chi connectivity index (χ3n) is 17.4. The Bertz CT molecular complexity index is 3530. The fraction of sp³-hybridized carbons (Fsp3) is 0.402. The molecule has 3 fully saturated rings. The smallest absolute Gasteiger partial charge is 0.311 e. The van der Waals surface area contributed by atoms with E-state index in [1.165, 1.54) is 0 Å². The first-order valence-electron chi connectivity index (χ1n) is 34.4. The minimum atomic E-state index is -1.71. The third kappa shape index (κ3) is 21.6. The number of ether oxygens (including phenoxy) is 15. The summed E-state index contributed by atoms with van der Waals surface area (Å²) in [6.45, 7) is 8.84. The van der Waals surface area contributed by atoms with Gasteiger partial charge < -0.3 is 76.2 Å². The van der Waals surface area contributed by atoms with Crippen molar-refractivity contribution in [2.24, 2.45) is 5.41 Å². The van der Waals surface area contributed by atoms with Crippen molar-refractivity contribution in [1.29, 1.82) is 0 Å². The van der Waals surface area contributed by atoms with Crippen LogP contribution >= 0.6 is 0 Å². The summed E-state index contributed by atoms with van der Waals surface area (Å²) in [7, 11) is 0. The van der Waals surface area contributed by atoms with Crippen LogP contribution in [0.3, 0.4) is 0 Å². The molecule has 0 aromatic heterocycles. The third-order valence-corrected chi connectivity index (χ3v) is 17.4. The largest absolute Gasteiger partial charge is 0.454 e. The predicted molar refractivity (Wildman–Crippen MR) is 371 cm³/mol. The second-order valence-corrected chi connectivity index (χ2v) is 26.1. The lowest BCUT2D eigenvalue weighted by atomic mass is 9.94. The molecule has 15 atom stereocenters. The van der Waals surface area contributed by atoms with Crippen LogP contribution in [-0.4, -0.2) is 130 Å². The van der Waals surface area contributed by atoms with E-state index in [4.69, 9.17) is 71.1 Å². The molecular weight excluding hydrogens is 1260 g/mol. The highest BCUT2D eigenvalue weighted by Crippen LogP contribution is 2.39. The molecular formula is C82H94O17. The molecule has 3 saturated heterocycles. The number of hydrogen-bond donors (Lipinski definition) is 1. The van der Waals surface area contributed by atoms with Crippen LogP contribution in [0.1, 0.15) is 78.6 Å². The Hall–Kier alpha value is -7.37. The summed E-state index contributed by atoms with van der Waals surface area (Å²) < 4.78 is 105. The molecule has 17 nitrogen and oxygen atoms in total. The summed E-state index contributed by atoms with van der Waals surface area (Å²) in [6, 6.07) is 78.6. The number of aliphatic hydroxyl groups excluding tert-OH is 1. The molecule has 0 amide bonds. The van der Waals surface area contributed by atoms with Gasteiger partial charge in [0.2, 0.25) is 0 Å². The Kier molecular flexibility index (Phi) is 27.9. The van der Waals surface area contributed by atoms with Crippen LogP contribution in [0.15, 0.2) is 243 Å². The zero-order valence-corrected chi connectivity index (χ0v) is 56.9. The Balaban J connectivity index is 0.998. The zero-order valence-electron chi connectivity index (χ0n) is 56.9. The first-order chi connectivity index (χ1) is 48.5. The minimum absolute atomic E-state index is 0.00642. The molecule has 3 aliphatic heterocycles. The molecule has 0 spiro atoms. The standard InChI is InChI=1S/C82H94O17/c1-5-46-88-74-71(97-80-77(99-81(84)82(2,3)4)73(92-53-64-42-26-12-27-43-64)70(90-51-62-38-22-10-23-39-62)67(96-80)56-86-48-59-32-16-7-17-33-59)68(57-87-49-60-34-18-8-19-35-60)94-78(83)75(74)98-79-76(93-54-65-44-28-13-29-45-65)72(91-52-63-40-24-11-25-41-63)69(89-50-61-36-20-9-21-37-61)66(95-79)55-85-47-58-30-14-6-15-31-58/h6-45,66-80,83H,5,46-57H2,1-4H3/t66?,67?,68?,69-,70+,71-,72+,73+,74+,75?,76?,77?,78-,79-,80+/m1/s1. The number of aliphatic hydroxyl groups is 1. The lowest BCUT2D eigenvalue weighted by molar-refractivity contribution is -0.394. The van der Waals surface area contributed by atoms with Gasteiger partial charge in [-0.2, -0.15) is 0 Å². The molecule has 0 radical (unpaired) electrons. The van der Waals surface area contributed by atoms with Gasteiger partial charge in [-0.3, -0.25) is 4.79 Å². The average Bonchev–Trinajstić information content (AvgIpc) is 0.767. The van der Waals surface area contributed by atoms with E-state index in [1.807, 2.05) is 250 Å². The van der Waals surface area contributed by atoms with Crippen molar-refractivity contribution >= 4 is 5.97 Å². The van der Waals surface area contributed by atoms with Crippen LogP contribution in [0.2, 0.25) is 0 Å². The van der Waals surface area contributed by atoms with Crippen LogP contribution < -0.4 is 0 Å². The normalized spacial score (nSPS) is 25.6. The molecule has 11 rings (SSSR count). The van der Waals surface area contributed by atoms with Gasteiger partial charge in [0.05, 0.1) is 78.1 Å².